The van der Waals surface area contributed by atoms with Crippen molar-refractivity contribution >= 4 is 0 Å². The normalized spacial score (nSPS) is 30.9. The van der Waals surface area contributed by atoms with Crippen molar-refractivity contribution in [1.29, 1.82) is 0 Å². The molecular weight excluding hydrogens is 130 g/mol. The van der Waals surface area contributed by atoms with E-state index in [0.717, 1.165) is 19.5 Å². The minimum atomic E-state index is -0.172. The van der Waals surface area contributed by atoms with Gasteiger partial charge in [0.1, 0.15) is 0 Å². The van der Waals surface area contributed by atoms with Crippen molar-refractivity contribution in [2.24, 2.45) is 0 Å². The molecule has 2 unspecified atom stereocenters. The van der Waals surface area contributed by atoms with Gasteiger partial charge in [0.25, 0.3) is 0 Å². The first-order valence-corrected chi connectivity index (χ1v) is 3.77. The van der Waals surface area contributed by atoms with Gasteiger partial charge in [-0.25, -0.2) is 0 Å². The van der Waals surface area contributed by atoms with E-state index in [0.29, 0.717) is 0 Å². The third kappa shape index (κ3) is 1.68. The molecule has 1 fully saturated rings. The predicted octanol–water partition coefficient (Wildman–Crippen LogP) is -0.566. The molecule has 1 heterocycles. The van der Waals surface area contributed by atoms with E-state index in [2.05, 4.69) is 4.90 Å². The molecule has 0 bridgehead atoms. The SMILES string of the molecule is CC(CO)N1CCC(O)C1. The summed E-state index contributed by atoms with van der Waals surface area (Å²) >= 11 is 0. The van der Waals surface area contributed by atoms with Crippen molar-refractivity contribution < 1.29 is 10.2 Å². The van der Waals surface area contributed by atoms with Gasteiger partial charge in [-0.2, -0.15) is 0 Å². The van der Waals surface area contributed by atoms with Crippen LogP contribution in [0.1, 0.15) is 13.3 Å². The molecule has 0 amide bonds. The van der Waals surface area contributed by atoms with Gasteiger partial charge in [0, 0.05) is 19.1 Å². The summed E-state index contributed by atoms with van der Waals surface area (Å²) in [5, 5.41) is 17.9. The smallest absolute Gasteiger partial charge is 0.0679 e. The third-order valence-corrected chi connectivity index (χ3v) is 2.08. The lowest BCUT2D eigenvalue weighted by Gasteiger charge is -2.21. The Bertz CT molecular complexity index is 108. The minimum absolute atomic E-state index is 0.172. The number of aliphatic hydroxyl groups excluding tert-OH is 2. The fraction of sp³-hybridized carbons (Fsp3) is 1.00. The Balaban J connectivity index is 2.29. The summed E-state index contributed by atoms with van der Waals surface area (Å²) in [5.74, 6) is 0. The van der Waals surface area contributed by atoms with Crippen molar-refractivity contribution in [2.75, 3.05) is 19.7 Å². The van der Waals surface area contributed by atoms with Crippen LogP contribution in [-0.2, 0) is 0 Å². The zero-order valence-electron chi connectivity index (χ0n) is 6.32. The van der Waals surface area contributed by atoms with Gasteiger partial charge < -0.3 is 10.2 Å². The second kappa shape index (κ2) is 3.32. The Hall–Kier alpha value is -0.120. The number of hydrogen-bond acceptors (Lipinski definition) is 3. The van der Waals surface area contributed by atoms with E-state index in [1.54, 1.807) is 0 Å². The number of rotatable bonds is 2. The minimum Gasteiger partial charge on any atom is -0.395 e. The average Bonchev–Trinajstić information content (AvgIpc) is 2.34. The number of nitrogens with zero attached hydrogens (tertiary/aromatic N) is 1. The van der Waals surface area contributed by atoms with Gasteiger partial charge in [-0.05, 0) is 13.3 Å². The molecule has 0 saturated carbocycles. The highest BCUT2D eigenvalue weighted by Crippen LogP contribution is 2.11. The molecule has 2 atom stereocenters. The van der Waals surface area contributed by atoms with Gasteiger partial charge in [-0.15, -0.1) is 0 Å². The second-order valence-corrected chi connectivity index (χ2v) is 2.97. The molecule has 0 spiro atoms. The summed E-state index contributed by atoms with van der Waals surface area (Å²) in [5.41, 5.74) is 0. The summed E-state index contributed by atoms with van der Waals surface area (Å²) in [6.45, 7) is 3.80. The first-order chi connectivity index (χ1) is 4.74. The van der Waals surface area contributed by atoms with Crippen molar-refractivity contribution in [3.8, 4) is 0 Å². The number of β-amino-alcohol motifs (C(OH)–C–C–N with tert-alkyl or cyclic N) is 1. The van der Waals surface area contributed by atoms with Crippen LogP contribution in [0.4, 0.5) is 0 Å². The van der Waals surface area contributed by atoms with Gasteiger partial charge in [-0.3, -0.25) is 4.90 Å². The lowest BCUT2D eigenvalue weighted by Crippen LogP contribution is -2.34. The quantitative estimate of drug-likeness (QED) is 0.547. The van der Waals surface area contributed by atoms with E-state index in [1.165, 1.54) is 0 Å². The standard InChI is InChI=1S/C7H15NO2/c1-6(5-9)8-3-2-7(10)4-8/h6-7,9-10H,2-5H2,1H3. The monoisotopic (exact) mass is 145 g/mol. The Morgan fingerprint density at radius 2 is 2.40 bits per heavy atom. The maximum absolute atomic E-state index is 9.12. The highest BCUT2D eigenvalue weighted by atomic mass is 16.3. The summed E-state index contributed by atoms with van der Waals surface area (Å²) in [6, 6.07) is 0.206. The van der Waals surface area contributed by atoms with Crippen molar-refractivity contribution in [2.45, 2.75) is 25.5 Å². The lowest BCUT2D eigenvalue weighted by atomic mass is 10.3. The topological polar surface area (TPSA) is 43.7 Å². The van der Waals surface area contributed by atoms with Gasteiger partial charge in [-0.1, -0.05) is 0 Å². The molecule has 0 aliphatic carbocycles. The molecule has 1 aliphatic heterocycles. The molecular formula is C7H15NO2. The highest BCUT2D eigenvalue weighted by molar-refractivity contribution is 4.77. The van der Waals surface area contributed by atoms with E-state index in [1.807, 2.05) is 6.92 Å². The van der Waals surface area contributed by atoms with Gasteiger partial charge in [0.15, 0.2) is 0 Å². The van der Waals surface area contributed by atoms with Crippen LogP contribution in [0.25, 0.3) is 0 Å². The van der Waals surface area contributed by atoms with Crippen molar-refractivity contribution in [3.63, 3.8) is 0 Å². The van der Waals surface area contributed by atoms with Crippen LogP contribution < -0.4 is 0 Å². The first kappa shape index (κ1) is 7.98. The molecule has 3 nitrogen and oxygen atoms in total. The molecule has 1 rings (SSSR count). The van der Waals surface area contributed by atoms with E-state index < -0.39 is 0 Å². The van der Waals surface area contributed by atoms with Gasteiger partial charge >= 0.3 is 0 Å². The van der Waals surface area contributed by atoms with E-state index in [9.17, 15) is 0 Å². The molecule has 60 valence electrons. The van der Waals surface area contributed by atoms with Gasteiger partial charge in [0.05, 0.1) is 12.7 Å². The molecule has 0 aromatic rings. The summed E-state index contributed by atoms with van der Waals surface area (Å²) in [4.78, 5) is 2.10. The highest BCUT2D eigenvalue weighted by Gasteiger charge is 2.23. The van der Waals surface area contributed by atoms with Crippen LogP contribution in [0.2, 0.25) is 0 Å². The Morgan fingerprint density at radius 3 is 2.80 bits per heavy atom. The summed E-state index contributed by atoms with van der Waals surface area (Å²) in [6.07, 6.45) is 0.679. The zero-order valence-corrected chi connectivity index (χ0v) is 6.32. The van der Waals surface area contributed by atoms with Crippen molar-refractivity contribution in [3.05, 3.63) is 0 Å². The van der Waals surface area contributed by atoms with Crippen LogP contribution in [0.3, 0.4) is 0 Å². The van der Waals surface area contributed by atoms with Crippen LogP contribution in [0, 0.1) is 0 Å². The molecule has 2 N–H and O–H groups in total. The van der Waals surface area contributed by atoms with E-state index in [-0.39, 0.29) is 18.8 Å². The molecule has 0 radical (unpaired) electrons. The molecule has 1 aliphatic rings. The maximum Gasteiger partial charge on any atom is 0.0679 e. The average molecular weight is 145 g/mol. The molecule has 10 heavy (non-hydrogen) atoms. The molecule has 1 saturated heterocycles. The lowest BCUT2D eigenvalue weighted by molar-refractivity contribution is 0.130. The zero-order chi connectivity index (χ0) is 7.56. The van der Waals surface area contributed by atoms with Crippen LogP contribution in [0.15, 0.2) is 0 Å². The maximum atomic E-state index is 9.12. The molecule has 0 aromatic heterocycles. The third-order valence-electron chi connectivity index (χ3n) is 2.08. The number of aliphatic hydroxyl groups is 2. The van der Waals surface area contributed by atoms with Crippen LogP contribution in [-0.4, -0.2) is 47.0 Å². The second-order valence-electron chi connectivity index (χ2n) is 2.97. The predicted molar refractivity (Wildman–Crippen MR) is 38.7 cm³/mol. The largest absolute Gasteiger partial charge is 0.395 e. The summed E-state index contributed by atoms with van der Waals surface area (Å²) < 4.78 is 0. The van der Waals surface area contributed by atoms with Crippen LogP contribution in [0.5, 0.6) is 0 Å². The first-order valence-electron chi connectivity index (χ1n) is 3.77. The fourth-order valence-electron chi connectivity index (χ4n) is 1.28. The van der Waals surface area contributed by atoms with E-state index in [4.69, 9.17) is 10.2 Å². The van der Waals surface area contributed by atoms with E-state index >= 15 is 0 Å². The summed E-state index contributed by atoms with van der Waals surface area (Å²) in [7, 11) is 0. The Kier molecular flexibility index (Phi) is 2.65. The molecule has 3 heteroatoms. The van der Waals surface area contributed by atoms with Crippen LogP contribution >= 0.6 is 0 Å². The Morgan fingerprint density at radius 1 is 1.70 bits per heavy atom. The van der Waals surface area contributed by atoms with Gasteiger partial charge in [0.2, 0.25) is 0 Å². The molecule has 0 aromatic carbocycles. The number of likely N-dealkylation sites (tertiary alicyclic amines) is 1. The van der Waals surface area contributed by atoms with Crippen molar-refractivity contribution in [1.82, 2.24) is 4.90 Å². The number of hydrogen-bond donors (Lipinski definition) is 2. The fourth-order valence-corrected chi connectivity index (χ4v) is 1.28. The Labute approximate surface area is 61.3 Å².